The predicted octanol–water partition coefficient (Wildman–Crippen LogP) is 1.55. The van der Waals surface area contributed by atoms with Crippen LogP contribution in [-0.4, -0.2) is 37.5 Å². The Labute approximate surface area is 93.2 Å². The van der Waals surface area contributed by atoms with Gasteiger partial charge < -0.3 is 15.2 Å². The van der Waals surface area contributed by atoms with Crippen LogP contribution in [0.15, 0.2) is 0 Å². The summed E-state index contributed by atoms with van der Waals surface area (Å²) in [6, 6.07) is 0.346. The average Bonchev–Trinajstić information content (AvgIpc) is 2.74. The first kappa shape index (κ1) is 12.9. The Bertz CT molecular complexity index is 178. The van der Waals surface area contributed by atoms with Gasteiger partial charge in [-0.25, -0.2) is 0 Å². The summed E-state index contributed by atoms with van der Waals surface area (Å²) in [5.74, 6) is 0. The first-order valence-electron chi connectivity index (χ1n) is 6.00. The molecule has 0 heterocycles. The first-order valence-corrected chi connectivity index (χ1v) is 6.00. The molecule has 90 valence electrons. The topological polar surface area (TPSA) is 41.5 Å². The van der Waals surface area contributed by atoms with E-state index < -0.39 is 0 Å². The molecule has 2 atom stereocenters. The molecule has 1 aliphatic carbocycles. The van der Waals surface area contributed by atoms with Crippen LogP contribution < -0.4 is 5.32 Å². The van der Waals surface area contributed by atoms with Crippen LogP contribution in [0.5, 0.6) is 0 Å². The van der Waals surface area contributed by atoms with Gasteiger partial charge in [-0.15, -0.1) is 0 Å². The number of methoxy groups -OCH3 is 1. The molecule has 0 aromatic heterocycles. The number of ether oxygens (including phenoxy) is 1. The van der Waals surface area contributed by atoms with E-state index in [1.807, 2.05) is 0 Å². The van der Waals surface area contributed by atoms with Crippen molar-refractivity contribution >= 4 is 0 Å². The van der Waals surface area contributed by atoms with Gasteiger partial charge in [0.05, 0.1) is 6.10 Å². The van der Waals surface area contributed by atoms with Gasteiger partial charge in [0, 0.05) is 31.7 Å². The van der Waals surface area contributed by atoms with E-state index in [-0.39, 0.29) is 11.5 Å². The summed E-state index contributed by atoms with van der Waals surface area (Å²) in [7, 11) is 1.74. The first-order chi connectivity index (χ1) is 7.13. The van der Waals surface area contributed by atoms with Gasteiger partial charge in [-0.3, -0.25) is 0 Å². The van der Waals surface area contributed by atoms with Crippen LogP contribution in [0.25, 0.3) is 0 Å². The van der Waals surface area contributed by atoms with Crippen LogP contribution in [0.1, 0.15) is 39.5 Å². The lowest BCUT2D eigenvalue weighted by atomic mass is 9.87. The zero-order chi connectivity index (χ0) is 11.3. The molecule has 2 N–H and O–H groups in total. The molecule has 0 aromatic rings. The molecule has 0 bridgehead atoms. The van der Waals surface area contributed by atoms with E-state index in [1.54, 1.807) is 7.11 Å². The maximum atomic E-state index is 9.45. The molecule has 0 spiro atoms. The summed E-state index contributed by atoms with van der Waals surface area (Å²) in [6.07, 6.45) is 5.06. The van der Waals surface area contributed by atoms with Gasteiger partial charge in [0.2, 0.25) is 0 Å². The number of nitrogens with one attached hydrogen (secondary N) is 1. The summed E-state index contributed by atoms with van der Waals surface area (Å²) in [5.41, 5.74) is 0.141. The zero-order valence-electron chi connectivity index (χ0n) is 10.3. The van der Waals surface area contributed by atoms with Crippen LogP contribution in [-0.2, 0) is 4.74 Å². The van der Waals surface area contributed by atoms with Crippen LogP contribution in [0, 0.1) is 5.41 Å². The summed E-state index contributed by atoms with van der Waals surface area (Å²) >= 11 is 0. The van der Waals surface area contributed by atoms with Gasteiger partial charge in [-0.1, -0.05) is 12.8 Å². The standard InChI is InChI=1S/C12H25NO2/c1-10(11(2)15-3)13-8-12(9-14)6-4-5-7-12/h10-11,13-14H,4-9H2,1-3H3. The molecule has 0 amide bonds. The smallest absolute Gasteiger partial charge is 0.0693 e. The fourth-order valence-corrected chi connectivity index (χ4v) is 2.26. The summed E-state index contributed by atoms with van der Waals surface area (Å²) < 4.78 is 5.27. The Balaban J connectivity index is 2.34. The molecule has 3 nitrogen and oxygen atoms in total. The molecular formula is C12H25NO2. The monoisotopic (exact) mass is 215 g/mol. The maximum Gasteiger partial charge on any atom is 0.0693 e. The predicted molar refractivity (Wildman–Crippen MR) is 61.9 cm³/mol. The lowest BCUT2D eigenvalue weighted by Gasteiger charge is -2.30. The maximum absolute atomic E-state index is 9.45. The van der Waals surface area contributed by atoms with Crippen molar-refractivity contribution in [2.45, 2.75) is 51.7 Å². The molecule has 0 saturated heterocycles. The summed E-state index contributed by atoms with van der Waals surface area (Å²) in [4.78, 5) is 0. The normalized spacial score (nSPS) is 24.0. The van der Waals surface area contributed by atoms with Crippen molar-refractivity contribution in [3.63, 3.8) is 0 Å². The highest BCUT2D eigenvalue weighted by Crippen LogP contribution is 2.36. The van der Waals surface area contributed by atoms with Crippen molar-refractivity contribution in [1.82, 2.24) is 5.32 Å². The van der Waals surface area contributed by atoms with Crippen LogP contribution >= 0.6 is 0 Å². The van der Waals surface area contributed by atoms with Crippen molar-refractivity contribution in [1.29, 1.82) is 0 Å². The van der Waals surface area contributed by atoms with Gasteiger partial charge in [-0.2, -0.15) is 0 Å². The average molecular weight is 215 g/mol. The van der Waals surface area contributed by atoms with Crippen molar-refractivity contribution in [2.75, 3.05) is 20.3 Å². The summed E-state index contributed by atoms with van der Waals surface area (Å²) in [6.45, 7) is 5.43. The van der Waals surface area contributed by atoms with Gasteiger partial charge in [0.25, 0.3) is 0 Å². The van der Waals surface area contributed by atoms with Crippen LogP contribution in [0.2, 0.25) is 0 Å². The molecule has 0 radical (unpaired) electrons. The third-order valence-corrected chi connectivity index (χ3v) is 3.87. The molecule has 3 heteroatoms. The van der Waals surface area contributed by atoms with E-state index in [9.17, 15) is 5.11 Å². The van der Waals surface area contributed by atoms with Crippen molar-refractivity contribution in [3.8, 4) is 0 Å². The highest BCUT2D eigenvalue weighted by Gasteiger charge is 2.33. The Morgan fingerprint density at radius 2 is 1.93 bits per heavy atom. The van der Waals surface area contributed by atoms with E-state index in [4.69, 9.17) is 4.74 Å². The zero-order valence-corrected chi connectivity index (χ0v) is 10.3. The second-order valence-corrected chi connectivity index (χ2v) is 4.98. The van der Waals surface area contributed by atoms with Gasteiger partial charge in [-0.05, 0) is 26.7 Å². The van der Waals surface area contributed by atoms with E-state index >= 15 is 0 Å². The van der Waals surface area contributed by atoms with E-state index in [0.29, 0.717) is 12.6 Å². The minimum atomic E-state index is 0.141. The van der Waals surface area contributed by atoms with Gasteiger partial charge >= 0.3 is 0 Å². The number of hydrogen-bond donors (Lipinski definition) is 2. The second kappa shape index (κ2) is 5.83. The SMILES string of the molecule is COC(C)C(C)NCC1(CO)CCCC1. The van der Waals surface area contributed by atoms with Crippen molar-refractivity contribution in [2.24, 2.45) is 5.41 Å². The highest BCUT2D eigenvalue weighted by molar-refractivity contribution is 4.87. The molecule has 1 rings (SSSR count). The van der Waals surface area contributed by atoms with E-state index in [1.165, 1.54) is 12.8 Å². The number of hydrogen-bond acceptors (Lipinski definition) is 3. The summed E-state index contributed by atoms with van der Waals surface area (Å²) in [5, 5.41) is 12.9. The van der Waals surface area contributed by atoms with Crippen molar-refractivity contribution < 1.29 is 9.84 Å². The molecular weight excluding hydrogens is 190 g/mol. The fourth-order valence-electron chi connectivity index (χ4n) is 2.26. The molecule has 1 fully saturated rings. The van der Waals surface area contributed by atoms with Gasteiger partial charge in [0.1, 0.15) is 0 Å². The number of aliphatic hydroxyl groups is 1. The lowest BCUT2D eigenvalue weighted by Crippen LogP contribution is -2.44. The third-order valence-electron chi connectivity index (χ3n) is 3.87. The second-order valence-electron chi connectivity index (χ2n) is 4.98. The minimum Gasteiger partial charge on any atom is -0.396 e. The minimum absolute atomic E-state index is 0.141. The lowest BCUT2D eigenvalue weighted by molar-refractivity contribution is 0.0735. The molecule has 0 aliphatic heterocycles. The van der Waals surface area contributed by atoms with Crippen molar-refractivity contribution in [3.05, 3.63) is 0 Å². The molecule has 15 heavy (non-hydrogen) atoms. The highest BCUT2D eigenvalue weighted by atomic mass is 16.5. The third kappa shape index (κ3) is 3.44. The number of rotatable bonds is 6. The fraction of sp³-hybridized carbons (Fsp3) is 1.00. The molecule has 0 aromatic carbocycles. The quantitative estimate of drug-likeness (QED) is 0.706. The Kier molecular flexibility index (Phi) is 5.03. The van der Waals surface area contributed by atoms with E-state index in [0.717, 1.165) is 19.4 Å². The Morgan fingerprint density at radius 3 is 2.40 bits per heavy atom. The van der Waals surface area contributed by atoms with E-state index in [2.05, 4.69) is 19.2 Å². The largest absolute Gasteiger partial charge is 0.396 e. The Morgan fingerprint density at radius 1 is 1.33 bits per heavy atom. The molecule has 1 aliphatic rings. The molecule has 1 saturated carbocycles. The Hall–Kier alpha value is -0.120. The van der Waals surface area contributed by atoms with Crippen LogP contribution in [0.4, 0.5) is 0 Å². The molecule has 2 unspecified atom stereocenters. The van der Waals surface area contributed by atoms with Gasteiger partial charge in [0.15, 0.2) is 0 Å². The number of aliphatic hydroxyl groups excluding tert-OH is 1. The van der Waals surface area contributed by atoms with Crippen LogP contribution in [0.3, 0.4) is 0 Å².